The van der Waals surface area contributed by atoms with Gasteiger partial charge < -0.3 is 20.8 Å². The van der Waals surface area contributed by atoms with E-state index in [1.54, 1.807) is 6.07 Å². The highest BCUT2D eigenvalue weighted by Crippen LogP contribution is 2.48. The minimum absolute atomic E-state index is 0.0369. The molecular weight excluding hydrogens is 354 g/mol. The second-order valence-electron chi connectivity index (χ2n) is 7.39. The molecule has 0 spiro atoms. The number of nitrogens with one attached hydrogen (secondary N) is 2. The van der Waals surface area contributed by atoms with Crippen LogP contribution < -0.4 is 16.6 Å². The fourth-order valence-corrected chi connectivity index (χ4v) is 4.70. The highest BCUT2D eigenvalue weighted by Gasteiger charge is 2.42. The lowest BCUT2D eigenvalue weighted by molar-refractivity contribution is -0.135. The first kappa shape index (κ1) is 18.3. The van der Waals surface area contributed by atoms with E-state index < -0.39 is 28.6 Å². The number of H-pyrrole nitrogens is 1. The number of pyridine rings is 1. The van der Waals surface area contributed by atoms with Gasteiger partial charge in [0.05, 0.1) is 16.8 Å². The smallest absolute Gasteiger partial charge is 0.261 e. The molecule has 0 aromatic carbocycles. The zero-order valence-electron chi connectivity index (χ0n) is 15.1. The predicted octanol–water partition coefficient (Wildman–Crippen LogP) is 2.37. The van der Waals surface area contributed by atoms with E-state index in [0.29, 0.717) is 11.4 Å². The molecule has 1 aliphatic rings. The number of thiophene rings is 1. The summed E-state index contributed by atoms with van der Waals surface area (Å²) in [4.78, 5) is 39.8. The van der Waals surface area contributed by atoms with Crippen molar-refractivity contribution in [2.24, 2.45) is 5.73 Å². The van der Waals surface area contributed by atoms with Crippen molar-refractivity contribution < 1.29 is 14.3 Å². The topological polar surface area (TPSA) is 114 Å². The molecule has 26 heavy (non-hydrogen) atoms. The van der Waals surface area contributed by atoms with Crippen molar-refractivity contribution in [1.29, 1.82) is 0 Å². The summed E-state index contributed by atoms with van der Waals surface area (Å²) in [7, 11) is 0. The Labute approximate surface area is 154 Å². The lowest BCUT2D eigenvalue weighted by Gasteiger charge is -2.41. The Kier molecular flexibility index (Phi) is 4.28. The summed E-state index contributed by atoms with van der Waals surface area (Å²) in [6.45, 7) is 7.73. The van der Waals surface area contributed by atoms with E-state index in [0.717, 1.165) is 10.4 Å². The average molecular weight is 375 g/mol. The number of carbonyl (C=O) groups is 2. The van der Waals surface area contributed by atoms with Gasteiger partial charge in [0.15, 0.2) is 0 Å². The van der Waals surface area contributed by atoms with Crippen LogP contribution in [0.4, 0.5) is 5.00 Å². The number of hydrogen-bond donors (Lipinski definition) is 3. The molecule has 0 unspecified atom stereocenters. The summed E-state index contributed by atoms with van der Waals surface area (Å²) in [5, 5.41) is 3.01. The van der Waals surface area contributed by atoms with Gasteiger partial charge >= 0.3 is 0 Å². The number of fused-ring (bicyclic) bond motifs is 1. The fraction of sp³-hybridized carbons (Fsp3) is 0.389. The van der Waals surface area contributed by atoms with Crippen molar-refractivity contribution in [1.82, 2.24) is 4.98 Å². The molecule has 0 bridgehead atoms. The van der Waals surface area contributed by atoms with Gasteiger partial charge in [0.2, 0.25) is 0 Å². The van der Waals surface area contributed by atoms with Crippen molar-refractivity contribution in [3.63, 3.8) is 0 Å². The van der Waals surface area contributed by atoms with Crippen molar-refractivity contribution in [2.75, 3.05) is 5.32 Å². The predicted molar refractivity (Wildman–Crippen MR) is 99.7 cm³/mol. The summed E-state index contributed by atoms with van der Waals surface area (Å²) in [5.74, 6) is -1.21. The Balaban J connectivity index is 2.08. The summed E-state index contributed by atoms with van der Waals surface area (Å²) < 4.78 is 6.14. The Morgan fingerprint density at radius 2 is 2.00 bits per heavy atom. The Morgan fingerprint density at radius 1 is 1.31 bits per heavy atom. The minimum atomic E-state index is -0.626. The monoisotopic (exact) mass is 375 g/mol. The Hall–Kier alpha value is -2.45. The SMILES string of the molecule is CC1(C)Cc2c(sc(NC(=O)c3ccc[nH]c3=O)c2C(N)=O)C(C)(C)O1. The number of hydrogen-bond acceptors (Lipinski definition) is 5. The van der Waals surface area contributed by atoms with Gasteiger partial charge in [0.25, 0.3) is 17.4 Å². The van der Waals surface area contributed by atoms with E-state index >= 15 is 0 Å². The number of anilines is 1. The quantitative estimate of drug-likeness (QED) is 0.764. The number of rotatable bonds is 3. The van der Waals surface area contributed by atoms with Gasteiger partial charge in [-0.3, -0.25) is 14.4 Å². The molecule has 0 radical (unpaired) electrons. The molecule has 7 nitrogen and oxygen atoms in total. The number of aromatic amines is 1. The Morgan fingerprint density at radius 3 is 2.62 bits per heavy atom. The molecule has 0 atom stereocenters. The number of carbonyl (C=O) groups excluding carboxylic acids is 2. The number of primary amides is 1. The van der Waals surface area contributed by atoms with Crippen LogP contribution in [0.2, 0.25) is 0 Å². The van der Waals surface area contributed by atoms with Crippen LogP contribution in [0.1, 0.15) is 58.9 Å². The van der Waals surface area contributed by atoms with E-state index in [-0.39, 0.29) is 11.1 Å². The van der Waals surface area contributed by atoms with E-state index in [1.165, 1.54) is 23.6 Å². The van der Waals surface area contributed by atoms with Gasteiger partial charge in [-0.05, 0) is 45.4 Å². The molecule has 138 valence electrons. The number of nitrogens with two attached hydrogens (primary N) is 1. The molecule has 0 saturated heterocycles. The zero-order valence-corrected chi connectivity index (χ0v) is 15.9. The number of aromatic nitrogens is 1. The maximum absolute atomic E-state index is 12.5. The second kappa shape index (κ2) is 6.07. The standard InChI is InChI=1S/C18H21N3O4S/c1-17(2)8-10-11(13(19)22)16(26-12(10)18(3,4)25-17)21-15(24)9-6-5-7-20-14(9)23/h5-7H,8H2,1-4H3,(H2,19,22)(H,20,23)(H,21,24). The van der Waals surface area contributed by atoms with Crippen molar-refractivity contribution in [2.45, 2.75) is 45.3 Å². The minimum Gasteiger partial charge on any atom is -0.365 e. The second-order valence-corrected chi connectivity index (χ2v) is 8.41. The number of amides is 2. The first-order chi connectivity index (χ1) is 12.0. The molecule has 0 saturated carbocycles. The lowest BCUT2D eigenvalue weighted by atomic mass is 9.86. The van der Waals surface area contributed by atoms with Crippen molar-refractivity contribution in [3.8, 4) is 0 Å². The van der Waals surface area contributed by atoms with Crippen LogP contribution in [0.15, 0.2) is 23.1 Å². The van der Waals surface area contributed by atoms with Gasteiger partial charge in [-0.2, -0.15) is 0 Å². The molecular formula is C18H21N3O4S. The maximum Gasteiger partial charge on any atom is 0.261 e. The molecule has 8 heteroatoms. The summed E-state index contributed by atoms with van der Waals surface area (Å²) in [6, 6.07) is 2.98. The Bertz CT molecular complexity index is 956. The third-order valence-electron chi connectivity index (χ3n) is 4.22. The first-order valence-electron chi connectivity index (χ1n) is 8.17. The van der Waals surface area contributed by atoms with Gasteiger partial charge in [-0.15, -0.1) is 11.3 Å². The van der Waals surface area contributed by atoms with Gasteiger partial charge in [-0.1, -0.05) is 0 Å². The molecule has 2 amide bonds. The zero-order chi connectivity index (χ0) is 19.3. The highest BCUT2D eigenvalue weighted by atomic mass is 32.1. The van der Waals surface area contributed by atoms with Gasteiger partial charge in [0, 0.05) is 17.5 Å². The van der Waals surface area contributed by atoms with E-state index in [9.17, 15) is 14.4 Å². The lowest BCUT2D eigenvalue weighted by Crippen LogP contribution is -2.42. The largest absolute Gasteiger partial charge is 0.365 e. The van der Waals surface area contributed by atoms with Crippen molar-refractivity contribution in [3.05, 3.63) is 50.3 Å². The fourth-order valence-electron chi connectivity index (χ4n) is 3.44. The maximum atomic E-state index is 12.5. The molecule has 1 aliphatic heterocycles. The third-order valence-corrected chi connectivity index (χ3v) is 5.68. The first-order valence-corrected chi connectivity index (χ1v) is 8.99. The summed E-state index contributed by atoms with van der Waals surface area (Å²) in [5.41, 5.74) is 5.05. The van der Waals surface area contributed by atoms with Crippen LogP contribution in [-0.2, 0) is 16.8 Å². The van der Waals surface area contributed by atoms with Crippen LogP contribution in [0.5, 0.6) is 0 Å². The molecule has 2 aromatic rings. The summed E-state index contributed by atoms with van der Waals surface area (Å²) in [6.07, 6.45) is 1.95. The molecule has 2 aromatic heterocycles. The van der Waals surface area contributed by atoms with Crippen LogP contribution in [0.3, 0.4) is 0 Å². The van der Waals surface area contributed by atoms with E-state index in [4.69, 9.17) is 10.5 Å². The van der Waals surface area contributed by atoms with Gasteiger partial charge in [0.1, 0.15) is 10.6 Å². The summed E-state index contributed by atoms with van der Waals surface area (Å²) >= 11 is 1.26. The average Bonchev–Trinajstić information content (AvgIpc) is 2.84. The third kappa shape index (κ3) is 3.17. The van der Waals surface area contributed by atoms with Crippen LogP contribution in [-0.4, -0.2) is 22.4 Å². The van der Waals surface area contributed by atoms with E-state index in [2.05, 4.69) is 10.3 Å². The molecule has 3 rings (SSSR count). The molecule has 4 N–H and O–H groups in total. The highest BCUT2D eigenvalue weighted by molar-refractivity contribution is 7.17. The van der Waals surface area contributed by atoms with Crippen LogP contribution >= 0.6 is 11.3 Å². The molecule has 0 aliphatic carbocycles. The van der Waals surface area contributed by atoms with Crippen molar-refractivity contribution >= 4 is 28.2 Å². The van der Waals surface area contributed by atoms with Crippen LogP contribution in [0.25, 0.3) is 0 Å². The van der Waals surface area contributed by atoms with E-state index in [1.807, 2.05) is 27.7 Å². The van der Waals surface area contributed by atoms with Gasteiger partial charge in [-0.25, -0.2) is 0 Å². The van der Waals surface area contributed by atoms with Crippen LogP contribution in [0, 0.1) is 0 Å². The molecule has 3 heterocycles. The normalized spacial score (nSPS) is 17.4. The number of ether oxygens (including phenoxy) is 1. The molecule has 0 fully saturated rings.